The van der Waals surface area contributed by atoms with Crippen molar-refractivity contribution in [1.82, 2.24) is 0 Å². The molecule has 0 spiro atoms. The van der Waals surface area contributed by atoms with Crippen molar-refractivity contribution in [3.8, 4) is 6.07 Å². The summed E-state index contributed by atoms with van der Waals surface area (Å²) >= 11 is 0. The van der Waals surface area contributed by atoms with Crippen LogP contribution in [0.3, 0.4) is 0 Å². The Morgan fingerprint density at radius 3 is 2.27 bits per heavy atom. The molecule has 0 aliphatic rings. The summed E-state index contributed by atoms with van der Waals surface area (Å²) in [7, 11) is 0. The predicted octanol–water partition coefficient (Wildman–Crippen LogP) is 4.76. The molecular weight excluding hydrogens is 341 g/mol. The Bertz CT molecular complexity index is 860. The summed E-state index contributed by atoms with van der Waals surface area (Å²) in [6, 6.07) is 12.4. The number of nitrogens with two attached hydrogens (primary N) is 1. The van der Waals surface area contributed by atoms with Crippen LogP contribution in [0, 0.1) is 18.3 Å². The lowest BCUT2D eigenvalue weighted by Gasteiger charge is -2.27. The molecule has 4 nitrogen and oxygen atoms in total. The van der Waals surface area contributed by atoms with Crippen LogP contribution in [0.25, 0.3) is 0 Å². The number of alkyl halides is 3. The van der Waals surface area contributed by atoms with E-state index in [1.165, 1.54) is 12.1 Å². The highest BCUT2D eigenvalue weighted by Gasteiger charge is 2.34. The van der Waals surface area contributed by atoms with Crippen LogP contribution in [-0.2, 0) is 6.18 Å². The van der Waals surface area contributed by atoms with Crippen LogP contribution >= 0.6 is 0 Å². The largest absolute Gasteiger partial charge is 0.417 e. The van der Waals surface area contributed by atoms with Gasteiger partial charge in [0.2, 0.25) is 0 Å². The summed E-state index contributed by atoms with van der Waals surface area (Å²) in [4.78, 5) is 4.12. The molecule has 0 aromatic heterocycles. The van der Waals surface area contributed by atoms with Crippen molar-refractivity contribution >= 4 is 17.2 Å². The van der Waals surface area contributed by atoms with E-state index in [0.29, 0.717) is 0 Å². The normalized spacial score (nSPS) is 12.6. The van der Waals surface area contributed by atoms with Gasteiger partial charge in [-0.05, 0) is 51.1 Å². The van der Waals surface area contributed by atoms with Crippen molar-refractivity contribution in [3.05, 3.63) is 59.2 Å². The summed E-state index contributed by atoms with van der Waals surface area (Å²) in [5.41, 5.74) is 5.71. The molecule has 7 heteroatoms. The van der Waals surface area contributed by atoms with Gasteiger partial charge in [0.05, 0.1) is 28.4 Å². The molecule has 26 heavy (non-hydrogen) atoms. The number of amidine groups is 1. The Hall–Kier alpha value is -3.01. The van der Waals surface area contributed by atoms with E-state index in [-0.39, 0.29) is 11.5 Å². The number of halogens is 3. The molecule has 0 unspecified atom stereocenters. The van der Waals surface area contributed by atoms with Gasteiger partial charge in [-0.2, -0.15) is 18.4 Å². The first-order valence-corrected chi connectivity index (χ1v) is 7.84. The van der Waals surface area contributed by atoms with Crippen molar-refractivity contribution in [3.63, 3.8) is 0 Å². The molecule has 0 heterocycles. The topological polar surface area (TPSA) is 74.2 Å². The quantitative estimate of drug-likeness (QED) is 0.609. The highest BCUT2D eigenvalue weighted by atomic mass is 19.4. The van der Waals surface area contributed by atoms with Crippen LogP contribution in [0.15, 0.2) is 47.5 Å². The smallest absolute Gasteiger partial charge is 0.385 e. The Morgan fingerprint density at radius 2 is 1.73 bits per heavy atom. The second-order valence-corrected chi connectivity index (χ2v) is 6.45. The molecule has 0 saturated heterocycles. The van der Waals surface area contributed by atoms with Gasteiger partial charge in [-0.15, -0.1) is 0 Å². The summed E-state index contributed by atoms with van der Waals surface area (Å²) in [6.45, 7) is 5.52. The highest BCUT2D eigenvalue weighted by molar-refractivity contribution is 5.94. The second-order valence-electron chi connectivity index (χ2n) is 6.45. The van der Waals surface area contributed by atoms with Gasteiger partial charge in [-0.1, -0.05) is 17.7 Å². The van der Waals surface area contributed by atoms with E-state index in [4.69, 9.17) is 11.0 Å². The van der Waals surface area contributed by atoms with Crippen molar-refractivity contribution < 1.29 is 13.2 Å². The first-order chi connectivity index (χ1) is 12.0. The number of aryl methyl sites for hydroxylation is 1. The molecule has 0 aliphatic heterocycles. The third-order valence-corrected chi connectivity index (χ3v) is 3.83. The number of anilines is 1. The number of benzene rings is 2. The van der Waals surface area contributed by atoms with Crippen LogP contribution in [0.4, 0.5) is 24.5 Å². The average Bonchev–Trinajstić information content (AvgIpc) is 2.56. The molecule has 0 aliphatic carbocycles. The minimum Gasteiger partial charge on any atom is -0.385 e. The Kier molecular flexibility index (Phi) is 5.26. The van der Waals surface area contributed by atoms with Crippen LogP contribution in [-0.4, -0.2) is 11.4 Å². The van der Waals surface area contributed by atoms with E-state index >= 15 is 0 Å². The van der Waals surface area contributed by atoms with E-state index in [0.717, 1.165) is 23.4 Å². The molecular formula is C19H19F3N4. The molecule has 0 radical (unpaired) electrons. The molecule has 0 fully saturated rings. The Balaban J connectivity index is 2.33. The lowest BCUT2D eigenvalue weighted by molar-refractivity contribution is -0.137. The van der Waals surface area contributed by atoms with Crippen molar-refractivity contribution in [1.29, 1.82) is 5.26 Å². The first kappa shape index (κ1) is 19.3. The van der Waals surface area contributed by atoms with Gasteiger partial charge in [0.25, 0.3) is 0 Å². The minimum absolute atomic E-state index is 0.0348. The van der Waals surface area contributed by atoms with Gasteiger partial charge in [0.1, 0.15) is 5.84 Å². The first-order valence-electron chi connectivity index (χ1n) is 7.84. The summed E-state index contributed by atoms with van der Waals surface area (Å²) in [6.07, 6.45) is -4.64. The van der Waals surface area contributed by atoms with E-state index in [2.05, 4.69) is 10.3 Å². The molecule has 136 valence electrons. The summed E-state index contributed by atoms with van der Waals surface area (Å²) in [5.74, 6) is 0.121. The van der Waals surface area contributed by atoms with Gasteiger partial charge < -0.3 is 11.1 Å². The molecule has 0 atom stereocenters. The average molecular weight is 360 g/mol. The lowest BCUT2D eigenvalue weighted by Crippen LogP contribution is -2.45. The SMILES string of the molecule is Cc1ccc(NC(C)(C)C(N)=Nc2ccc(C#N)c(C(F)(F)F)c2)cc1. The molecule has 0 amide bonds. The fourth-order valence-corrected chi connectivity index (χ4v) is 2.27. The van der Waals surface area contributed by atoms with Gasteiger partial charge >= 0.3 is 6.18 Å². The van der Waals surface area contributed by atoms with Crippen LogP contribution in [0.2, 0.25) is 0 Å². The maximum Gasteiger partial charge on any atom is 0.417 e. The monoisotopic (exact) mass is 360 g/mol. The van der Waals surface area contributed by atoms with Crippen molar-refractivity contribution in [2.24, 2.45) is 10.7 Å². The van der Waals surface area contributed by atoms with Gasteiger partial charge in [-0.3, -0.25) is 0 Å². The molecule has 0 bridgehead atoms. The zero-order chi connectivity index (χ0) is 19.5. The Morgan fingerprint density at radius 1 is 1.12 bits per heavy atom. The van der Waals surface area contributed by atoms with E-state index in [9.17, 15) is 13.2 Å². The molecule has 2 aromatic rings. The Labute approximate surface area is 150 Å². The van der Waals surface area contributed by atoms with Gasteiger partial charge in [0, 0.05) is 5.69 Å². The second kappa shape index (κ2) is 7.08. The lowest BCUT2D eigenvalue weighted by atomic mass is 10.0. The number of rotatable bonds is 4. The van der Waals surface area contributed by atoms with Gasteiger partial charge in [-0.25, -0.2) is 4.99 Å². The fourth-order valence-electron chi connectivity index (χ4n) is 2.27. The molecule has 0 saturated carbocycles. The number of nitrogens with one attached hydrogen (secondary N) is 1. The number of nitrogens with zero attached hydrogens (tertiary/aromatic N) is 2. The van der Waals surface area contributed by atoms with E-state index in [1.54, 1.807) is 13.8 Å². The van der Waals surface area contributed by atoms with Crippen LogP contribution in [0.1, 0.15) is 30.5 Å². The standard InChI is InChI=1S/C19H19F3N4/c1-12-4-7-14(8-5-12)26-18(2,3)17(24)25-15-9-6-13(11-23)16(10-15)19(20,21)22/h4-10,26H,1-3H3,(H2,24,25). The third-order valence-electron chi connectivity index (χ3n) is 3.83. The van der Waals surface area contributed by atoms with Gasteiger partial charge in [0.15, 0.2) is 0 Å². The molecule has 2 rings (SSSR count). The molecule has 3 N–H and O–H groups in total. The number of hydrogen-bond acceptors (Lipinski definition) is 3. The van der Waals surface area contributed by atoms with E-state index in [1.807, 2.05) is 31.2 Å². The number of nitriles is 1. The van der Waals surface area contributed by atoms with Crippen molar-refractivity contribution in [2.45, 2.75) is 32.5 Å². The fraction of sp³-hybridized carbons (Fsp3) is 0.263. The van der Waals surface area contributed by atoms with Crippen LogP contribution in [0.5, 0.6) is 0 Å². The highest BCUT2D eigenvalue weighted by Crippen LogP contribution is 2.34. The van der Waals surface area contributed by atoms with Crippen LogP contribution < -0.4 is 11.1 Å². The van der Waals surface area contributed by atoms with Crippen molar-refractivity contribution in [2.75, 3.05) is 5.32 Å². The zero-order valence-corrected chi connectivity index (χ0v) is 14.6. The maximum atomic E-state index is 13.1. The summed E-state index contributed by atoms with van der Waals surface area (Å²) < 4.78 is 39.2. The molecule has 2 aromatic carbocycles. The zero-order valence-electron chi connectivity index (χ0n) is 14.6. The predicted molar refractivity (Wildman–Crippen MR) is 96.3 cm³/mol. The minimum atomic E-state index is -4.64. The third kappa shape index (κ3) is 4.54. The maximum absolute atomic E-state index is 13.1. The summed E-state index contributed by atoms with van der Waals surface area (Å²) in [5, 5.41) is 12.0. The number of hydrogen-bond donors (Lipinski definition) is 2. The van der Waals surface area contributed by atoms with E-state index < -0.39 is 22.8 Å². The number of aliphatic imine (C=N–C) groups is 1.